The van der Waals surface area contributed by atoms with Crippen molar-refractivity contribution in [2.75, 3.05) is 13.6 Å². The number of hydrogen-bond acceptors (Lipinski definition) is 2. The molecule has 2 aromatic rings. The molecule has 2 rings (SSSR count). The number of H-pyrrole nitrogens is 1. The van der Waals surface area contributed by atoms with E-state index in [4.69, 9.17) is 0 Å². The largest absolute Gasteiger partial charge is 0.356 e. The van der Waals surface area contributed by atoms with Gasteiger partial charge in [0.2, 0.25) is 0 Å². The third kappa shape index (κ3) is 5.53. The summed E-state index contributed by atoms with van der Waals surface area (Å²) >= 11 is 0. The molecule has 1 aromatic heterocycles. The number of guanidine groups is 1. The van der Waals surface area contributed by atoms with Crippen molar-refractivity contribution in [2.45, 2.75) is 32.7 Å². The van der Waals surface area contributed by atoms with E-state index in [1.165, 1.54) is 0 Å². The number of rotatable bonds is 3. The summed E-state index contributed by atoms with van der Waals surface area (Å²) in [6.07, 6.45) is 0.833. The van der Waals surface area contributed by atoms with Gasteiger partial charge in [0.05, 0.1) is 11.0 Å². The molecule has 116 valence electrons. The standard InChI is InChI=1S/C15H23N5.HI/c1-15(2,3)20-14(16-4)17-10-9-13-18-11-7-5-6-8-12(11)19-13;/h5-8H,9-10H2,1-4H3,(H,18,19)(H2,16,17,20);1H. The maximum absolute atomic E-state index is 4.55. The average Bonchev–Trinajstić information content (AvgIpc) is 2.78. The molecule has 0 aliphatic heterocycles. The van der Waals surface area contributed by atoms with Gasteiger partial charge in [-0.05, 0) is 32.9 Å². The van der Waals surface area contributed by atoms with E-state index in [2.05, 4.69) is 46.4 Å². The zero-order chi connectivity index (χ0) is 14.6. The lowest BCUT2D eigenvalue weighted by molar-refractivity contribution is 0.501. The summed E-state index contributed by atoms with van der Waals surface area (Å²) in [7, 11) is 1.78. The van der Waals surface area contributed by atoms with Crippen molar-refractivity contribution in [3.63, 3.8) is 0 Å². The number of benzene rings is 1. The van der Waals surface area contributed by atoms with Crippen molar-refractivity contribution in [3.05, 3.63) is 30.1 Å². The van der Waals surface area contributed by atoms with Gasteiger partial charge in [0.15, 0.2) is 5.96 Å². The Morgan fingerprint density at radius 1 is 1.29 bits per heavy atom. The molecule has 21 heavy (non-hydrogen) atoms. The maximum atomic E-state index is 4.55. The van der Waals surface area contributed by atoms with Crippen molar-refractivity contribution in [3.8, 4) is 0 Å². The molecule has 0 radical (unpaired) electrons. The maximum Gasteiger partial charge on any atom is 0.191 e. The number of aromatic amines is 1. The molecule has 0 amide bonds. The predicted molar refractivity (Wildman–Crippen MR) is 99.5 cm³/mol. The number of halogens is 1. The quantitative estimate of drug-likeness (QED) is 0.421. The van der Waals surface area contributed by atoms with Crippen LogP contribution in [0.1, 0.15) is 26.6 Å². The van der Waals surface area contributed by atoms with Gasteiger partial charge in [-0.15, -0.1) is 24.0 Å². The highest BCUT2D eigenvalue weighted by Crippen LogP contribution is 2.10. The summed E-state index contributed by atoms with van der Waals surface area (Å²) in [5.74, 6) is 1.80. The fourth-order valence-corrected chi connectivity index (χ4v) is 1.96. The molecule has 1 aromatic carbocycles. The Labute approximate surface area is 143 Å². The van der Waals surface area contributed by atoms with E-state index in [9.17, 15) is 0 Å². The average molecular weight is 401 g/mol. The van der Waals surface area contributed by atoms with E-state index in [1.54, 1.807) is 7.05 Å². The summed E-state index contributed by atoms with van der Waals surface area (Å²) in [5, 5.41) is 6.62. The van der Waals surface area contributed by atoms with E-state index < -0.39 is 0 Å². The molecule has 5 nitrogen and oxygen atoms in total. The predicted octanol–water partition coefficient (Wildman–Crippen LogP) is 2.69. The number of aromatic nitrogens is 2. The lowest BCUT2D eigenvalue weighted by atomic mass is 10.1. The molecular weight excluding hydrogens is 377 g/mol. The minimum absolute atomic E-state index is 0. The van der Waals surface area contributed by atoms with Gasteiger partial charge in [-0.2, -0.15) is 0 Å². The highest BCUT2D eigenvalue weighted by Gasteiger charge is 2.11. The highest BCUT2D eigenvalue weighted by molar-refractivity contribution is 14.0. The molecule has 0 bridgehead atoms. The van der Waals surface area contributed by atoms with Crippen molar-refractivity contribution in [2.24, 2.45) is 4.99 Å². The van der Waals surface area contributed by atoms with Gasteiger partial charge in [0.25, 0.3) is 0 Å². The van der Waals surface area contributed by atoms with Crippen LogP contribution in [0.4, 0.5) is 0 Å². The molecule has 0 fully saturated rings. The number of imidazole rings is 1. The van der Waals surface area contributed by atoms with E-state index in [-0.39, 0.29) is 29.5 Å². The second-order valence-electron chi connectivity index (χ2n) is 5.82. The first-order valence-electron chi connectivity index (χ1n) is 6.90. The van der Waals surface area contributed by atoms with Crippen LogP contribution in [0, 0.1) is 0 Å². The van der Waals surface area contributed by atoms with Gasteiger partial charge in [-0.3, -0.25) is 4.99 Å². The van der Waals surface area contributed by atoms with Crippen LogP contribution in [-0.4, -0.2) is 35.1 Å². The van der Waals surface area contributed by atoms with Gasteiger partial charge in [0, 0.05) is 25.6 Å². The van der Waals surface area contributed by atoms with Crippen molar-refractivity contribution in [1.29, 1.82) is 0 Å². The van der Waals surface area contributed by atoms with Gasteiger partial charge >= 0.3 is 0 Å². The Bertz CT molecular complexity index is 564. The molecule has 0 atom stereocenters. The van der Waals surface area contributed by atoms with Crippen LogP contribution in [0.2, 0.25) is 0 Å². The lowest BCUT2D eigenvalue weighted by Crippen LogP contribution is -2.48. The van der Waals surface area contributed by atoms with E-state index >= 15 is 0 Å². The highest BCUT2D eigenvalue weighted by atomic mass is 127. The fraction of sp³-hybridized carbons (Fsp3) is 0.467. The summed E-state index contributed by atoms with van der Waals surface area (Å²) in [5.41, 5.74) is 2.10. The van der Waals surface area contributed by atoms with E-state index in [1.807, 2.05) is 24.3 Å². The molecule has 0 aliphatic rings. The third-order valence-electron chi connectivity index (χ3n) is 2.81. The van der Waals surface area contributed by atoms with Crippen LogP contribution < -0.4 is 10.6 Å². The summed E-state index contributed by atoms with van der Waals surface area (Å²) in [6.45, 7) is 7.12. The third-order valence-corrected chi connectivity index (χ3v) is 2.81. The van der Waals surface area contributed by atoms with Crippen molar-refractivity contribution < 1.29 is 0 Å². The van der Waals surface area contributed by atoms with E-state index in [0.29, 0.717) is 0 Å². The Balaban J connectivity index is 0.00000220. The number of nitrogens with zero attached hydrogens (tertiary/aromatic N) is 2. The van der Waals surface area contributed by atoms with Gasteiger partial charge in [0.1, 0.15) is 5.82 Å². The first-order chi connectivity index (χ1) is 9.48. The van der Waals surface area contributed by atoms with Crippen LogP contribution in [0.15, 0.2) is 29.3 Å². The molecule has 0 unspecified atom stereocenters. The van der Waals surface area contributed by atoms with Crippen LogP contribution in [-0.2, 0) is 6.42 Å². The Morgan fingerprint density at radius 2 is 2.00 bits per heavy atom. The van der Waals surface area contributed by atoms with Crippen molar-refractivity contribution >= 4 is 41.0 Å². The molecule has 6 heteroatoms. The van der Waals surface area contributed by atoms with Gasteiger partial charge in [-0.25, -0.2) is 4.98 Å². The number of nitrogens with one attached hydrogen (secondary N) is 3. The smallest absolute Gasteiger partial charge is 0.191 e. The topological polar surface area (TPSA) is 65.1 Å². The Kier molecular flexibility index (Phi) is 6.44. The monoisotopic (exact) mass is 401 g/mol. The summed E-state index contributed by atoms with van der Waals surface area (Å²) < 4.78 is 0. The SMILES string of the molecule is CN=C(NCCc1nc2ccccc2[nH]1)NC(C)(C)C.I. The first-order valence-corrected chi connectivity index (χ1v) is 6.90. The van der Waals surface area contributed by atoms with Crippen LogP contribution in [0.3, 0.4) is 0 Å². The van der Waals surface area contributed by atoms with Gasteiger partial charge < -0.3 is 15.6 Å². The minimum atomic E-state index is 0. The summed E-state index contributed by atoms with van der Waals surface area (Å²) in [6, 6.07) is 8.07. The van der Waals surface area contributed by atoms with Crippen LogP contribution in [0.25, 0.3) is 11.0 Å². The summed E-state index contributed by atoms with van der Waals surface area (Å²) in [4.78, 5) is 12.1. The zero-order valence-electron chi connectivity index (χ0n) is 13.0. The molecular formula is C15H24IN5. The second kappa shape index (κ2) is 7.63. The Morgan fingerprint density at radius 3 is 2.62 bits per heavy atom. The molecule has 0 saturated carbocycles. The fourth-order valence-electron chi connectivity index (χ4n) is 1.96. The molecule has 3 N–H and O–H groups in total. The normalized spacial score (nSPS) is 12.1. The first kappa shape index (κ1) is 17.7. The van der Waals surface area contributed by atoms with Crippen LogP contribution >= 0.6 is 24.0 Å². The molecule has 0 spiro atoms. The lowest BCUT2D eigenvalue weighted by Gasteiger charge is -2.23. The minimum Gasteiger partial charge on any atom is -0.356 e. The van der Waals surface area contributed by atoms with Crippen molar-refractivity contribution in [1.82, 2.24) is 20.6 Å². The Hall–Kier alpha value is -1.31. The number of hydrogen-bond donors (Lipinski definition) is 3. The number of para-hydroxylation sites is 2. The zero-order valence-corrected chi connectivity index (χ0v) is 15.4. The van der Waals surface area contributed by atoms with Crippen LogP contribution in [0.5, 0.6) is 0 Å². The molecule has 1 heterocycles. The number of aliphatic imine (C=N–C) groups is 1. The second-order valence-corrected chi connectivity index (χ2v) is 5.82. The number of fused-ring (bicyclic) bond motifs is 1. The molecule has 0 aliphatic carbocycles. The van der Waals surface area contributed by atoms with E-state index in [0.717, 1.165) is 35.8 Å². The molecule has 0 saturated heterocycles. The van der Waals surface area contributed by atoms with Gasteiger partial charge in [-0.1, -0.05) is 12.1 Å².